The zero-order valence-electron chi connectivity index (χ0n) is 13.4. The third kappa shape index (κ3) is 0.703. The fourth-order valence-electron chi connectivity index (χ4n) is 12.8. The molecule has 0 aromatic heterocycles. The molecule has 8 rings (SSSR count). The lowest BCUT2D eigenvalue weighted by Crippen LogP contribution is -2.30. The van der Waals surface area contributed by atoms with Gasteiger partial charge in [0.2, 0.25) is 0 Å². The molecule has 0 N–H and O–H groups in total. The summed E-state index contributed by atoms with van der Waals surface area (Å²) >= 11 is 0. The van der Waals surface area contributed by atoms with Crippen LogP contribution in [-0.2, 0) is 0 Å². The maximum atomic E-state index is 2.85. The van der Waals surface area contributed by atoms with Gasteiger partial charge >= 0.3 is 0 Å². The standard InChI is InChI=1S/C21H28/c1-7-12-8-3-5-10-14(8)19-16(12)17-13(7)9-4-6-11-15(9)20(17)21(19,2)18(10)11/h7-20H,3-6H2,1-2H3/t7?,8-,9-,10+,11+,12-,13+,14-,15+,16-,17-,18?,19+,20+,21?/m0/s1. The minimum atomic E-state index is 0.848. The molecule has 0 radical (unpaired) electrons. The first-order chi connectivity index (χ1) is 10.2. The van der Waals surface area contributed by atoms with Gasteiger partial charge in [-0.05, 0) is 114 Å². The molecule has 8 aliphatic carbocycles. The van der Waals surface area contributed by atoms with Crippen molar-refractivity contribution in [2.75, 3.05) is 0 Å². The first kappa shape index (κ1) is 10.7. The van der Waals surface area contributed by atoms with Gasteiger partial charge in [-0.1, -0.05) is 13.8 Å². The third-order valence-corrected chi connectivity index (χ3v) is 11.9. The molecule has 8 saturated carbocycles. The van der Waals surface area contributed by atoms with Crippen LogP contribution >= 0.6 is 0 Å². The second kappa shape index (κ2) is 2.67. The third-order valence-electron chi connectivity index (χ3n) is 11.9. The van der Waals surface area contributed by atoms with Crippen LogP contribution in [0.2, 0.25) is 0 Å². The van der Waals surface area contributed by atoms with E-state index in [0.717, 1.165) is 11.3 Å². The molecular weight excluding hydrogens is 252 g/mol. The van der Waals surface area contributed by atoms with Crippen molar-refractivity contribution in [3.63, 3.8) is 0 Å². The van der Waals surface area contributed by atoms with Crippen molar-refractivity contribution in [3.8, 4) is 0 Å². The molecule has 0 bridgehead atoms. The molecule has 0 saturated heterocycles. The Bertz CT molecular complexity index is 541. The van der Waals surface area contributed by atoms with Crippen molar-refractivity contribution >= 4 is 0 Å². The van der Waals surface area contributed by atoms with E-state index in [4.69, 9.17) is 0 Å². The normalized spacial score (nSPS) is 86.0. The van der Waals surface area contributed by atoms with Gasteiger partial charge in [0.05, 0.1) is 0 Å². The summed E-state index contributed by atoms with van der Waals surface area (Å²) in [6.07, 6.45) is 6.60. The van der Waals surface area contributed by atoms with E-state index in [1.165, 1.54) is 76.9 Å². The average Bonchev–Trinajstić information content (AvgIpc) is 3.16. The van der Waals surface area contributed by atoms with E-state index in [1.54, 1.807) is 25.7 Å². The molecule has 0 amide bonds. The van der Waals surface area contributed by atoms with E-state index in [-0.39, 0.29) is 0 Å². The molecule has 0 aliphatic heterocycles. The van der Waals surface area contributed by atoms with Gasteiger partial charge in [0, 0.05) is 0 Å². The molecule has 0 heteroatoms. The van der Waals surface area contributed by atoms with Crippen molar-refractivity contribution < 1.29 is 0 Å². The molecule has 3 unspecified atom stereocenters. The van der Waals surface area contributed by atoms with Crippen LogP contribution in [0.15, 0.2) is 0 Å². The van der Waals surface area contributed by atoms with Gasteiger partial charge in [-0.25, -0.2) is 0 Å². The minimum absolute atomic E-state index is 0.848. The second-order valence-corrected chi connectivity index (χ2v) is 11.1. The Kier molecular flexibility index (Phi) is 1.36. The molecule has 21 heavy (non-hydrogen) atoms. The summed E-state index contributed by atoms with van der Waals surface area (Å²) in [4.78, 5) is 0. The summed E-state index contributed by atoms with van der Waals surface area (Å²) in [6.45, 7) is 5.58. The summed E-state index contributed by atoms with van der Waals surface area (Å²) in [6, 6.07) is 0. The maximum absolute atomic E-state index is 2.85. The summed E-state index contributed by atoms with van der Waals surface area (Å²) < 4.78 is 0. The van der Waals surface area contributed by atoms with Gasteiger partial charge < -0.3 is 0 Å². The summed E-state index contributed by atoms with van der Waals surface area (Å²) in [5, 5.41) is 0. The predicted molar refractivity (Wildman–Crippen MR) is 81.1 cm³/mol. The topological polar surface area (TPSA) is 0 Å². The highest BCUT2D eigenvalue weighted by atomic mass is 14.9. The molecular formula is C21H28. The lowest BCUT2D eigenvalue weighted by Gasteiger charge is -2.35. The maximum Gasteiger partial charge on any atom is -0.0224 e. The number of hydrogen-bond donors (Lipinski definition) is 0. The number of fused-ring (bicyclic) bond motifs is 4. The Morgan fingerprint density at radius 2 is 1.05 bits per heavy atom. The van der Waals surface area contributed by atoms with Crippen LogP contribution in [0.25, 0.3) is 0 Å². The van der Waals surface area contributed by atoms with Gasteiger partial charge in [0.1, 0.15) is 0 Å². The van der Waals surface area contributed by atoms with Crippen LogP contribution in [-0.4, -0.2) is 0 Å². The quantitative estimate of drug-likeness (QED) is 0.620. The monoisotopic (exact) mass is 280 g/mol. The zero-order valence-corrected chi connectivity index (χ0v) is 13.4. The van der Waals surface area contributed by atoms with Crippen LogP contribution in [0.1, 0.15) is 39.5 Å². The molecule has 112 valence electrons. The van der Waals surface area contributed by atoms with Crippen molar-refractivity contribution in [2.45, 2.75) is 39.5 Å². The van der Waals surface area contributed by atoms with E-state index in [0.29, 0.717) is 0 Å². The van der Waals surface area contributed by atoms with Gasteiger partial charge in [0.15, 0.2) is 0 Å². The number of hydrogen-bond acceptors (Lipinski definition) is 0. The lowest BCUT2D eigenvalue weighted by atomic mass is 9.69. The van der Waals surface area contributed by atoms with Gasteiger partial charge in [0.25, 0.3) is 0 Å². The van der Waals surface area contributed by atoms with Crippen LogP contribution in [0.4, 0.5) is 0 Å². The van der Waals surface area contributed by atoms with Crippen LogP contribution < -0.4 is 0 Å². The van der Waals surface area contributed by atoms with E-state index in [2.05, 4.69) is 13.8 Å². The number of rotatable bonds is 0. The van der Waals surface area contributed by atoms with Crippen LogP contribution in [0.3, 0.4) is 0 Å². The van der Waals surface area contributed by atoms with E-state index < -0.39 is 0 Å². The van der Waals surface area contributed by atoms with Gasteiger partial charge in [-0.3, -0.25) is 0 Å². The highest BCUT2D eigenvalue weighted by Gasteiger charge is 2.88. The molecule has 0 aromatic carbocycles. The fourth-order valence-corrected chi connectivity index (χ4v) is 12.8. The van der Waals surface area contributed by atoms with Gasteiger partial charge in [-0.2, -0.15) is 0 Å². The van der Waals surface area contributed by atoms with Crippen molar-refractivity contribution in [1.29, 1.82) is 0 Å². The lowest BCUT2D eigenvalue weighted by molar-refractivity contribution is 0.123. The minimum Gasteiger partial charge on any atom is -0.0619 e. The van der Waals surface area contributed by atoms with E-state index >= 15 is 0 Å². The Balaban J connectivity index is 1.52. The first-order valence-electron chi connectivity index (χ1n) is 10.2. The average molecular weight is 280 g/mol. The van der Waals surface area contributed by atoms with E-state index in [9.17, 15) is 0 Å². The molecule has 0 heterocycles. The smallest absolute Gasteiger partial charge is 0.0224 e. The Morgan fingerprint density at radius 3 is 1.57 bits per heavy atom. The molecule has 15 atom stereocenters. The largest absolute Gasteiger partial charge is 0.0619 e. The Morgan fingerprint density at radius 1 is 0.571 bits per heavy atom. The van der Waals surface area contributed by atoms with Crippen molar-refractivity contribution in [1.82, 2.24) is 0 Å². The molecule has 0 spiro atoms. The molecule has 0 nitrogen and oxygen atoms in total. The fraction of sp³-hybridized carbons (Fsp3) is 1.00. The predicted octanol–water partition coefficient (Wildman–Crippen LogP) is 4.31. The highest BCUT2D eigenvalue weighted by Crippen LogP contribution is 2.92. The molecule has 0 aromatic rings. The molecule has 8 fully saturated rings. The highest BCUT2D eigenvalue weighted by molar-refractivity contribution is 5.35. The van der Waals surface area contributed by atoms with E-state index in [1.807, 2.05) is 0 Å². The zero-order chi connectivity index (χ0) is 13.4. The Hall–Kier alpha value is 0. The van der Waals surface area contributed by atoms with Gasteiger partial charge in [-0.15, -0.1) is 0 Å². The summed E-state index contributed by atoms with van der Waals surface area (Å²) in [7, 11) is 0. The summed E-state index contributed by atoms with van der Waals surface area (Å²) in [5.74, 6) is 16.9. The van der Waals surface area contributed by atoms with Crippen LogP contribution in [0.5, 0.6) is 0 Å². The van der Waals surface area contributed by atoms with Crippen molar-refractivity contribution in [2.24, 2.45) is 88.3 Å². The second-order valence-electron chi connectivity index (χ2n) is 11.1. The molecule has 8 aliphatic rings. The van der Waals surface area contributed by atoms with Crippen molar-refractivity contribution in [3.05, 3.63) is 0 Å². The van der Waals surface area contributed by atoms with Crippen LogP contribution in [0, 0.1) is 88.3 Å². The first-order valence-corrected chi connectivity index (χ1v) is 10.2. The summed E-state index contributed by atoms with van der Waals surface area (Å²) in [5.41, 5.74) is 0.848. The Labute approximate surface area is 128 Å². The SMILES string of the molecule is CC1[C@@H]2[C@@H]3CC[C@H]4C5[C@@H]6CC[C@H]7[C@H]1[C@H]1[C@H]2[C@@H]([C@H]34)C5(C)[C@@H]1[C@@H]76.